The van der Waals surface area contributed by atoms with Gasteiger partial charge in [-0.1, -0.05) is 0 Å². The summed E-state index contributed by atoms with van der Waals surface area (Å²) in [5.41, 5.74) is 0. The van der Waals surface area contributed by atoms with Crippen molar-refractivity contribution >= 4 is 19.4 Å². The Hall–Kier alpha value is -0.967. The Morgan fingerprint density at radius 3 is 0.700 bits per heavy atom. The molecule has 0 atom stereocenters. The minimum Gasteiger partial charge on any atom is -0.554 e. The van der Waals surface area contributed by atoms with Gasteiger partial charge < -0.3 is 29.7 Å². The van der Waals surface area contributed by atoms with E-state index in [1.807, 2.05) is 0 Å². The second-order valence-electron chi connectivity index (χ2n) is 0.289. The standard InChI is InChI=1S/3CH2O2.Rh/c3*2-1-3;/h3*1H,(H,2,3);/q;;;+3/p-3. The first-order chi connectivity index (χ1) is 4.24. The molecule has 0 aliphatic rings. The van der Waals surface area contributed by atoms with Gasteiger partial charge in [0.15, 0.2) is 0 Å². The van der Waals surface area contributed by atoms with Crippen molar-refractivity contribution in [3.63, 3.8) is 0 Å². The van der Waals surface area contributed by atoms with Crippen molar-refractivity contribution in [3.8, 4) is 0 Å². The van der Waals surface area contributed by atoms with E-state index in [0.717, 1.165) is 0 Å². The predicted octanol–water partition coefficient (Wildman–Crippen LogP) is -4.90. The molecule has 0 aliphatic carbocycles. The Kier molecular flexibility index (Phi) is 221. The average Bonchev–Trinajstić information content (AvgIpc) is 1.70. The van der Waals surface area contributed by atoms with Crippen LogP contribution in [0.2, 0.25) is 0 Å². The largest absolute Gasteiger partial charge is 3.00 e. The van der Waals surface area contributed by atoms with E-state index in [-0.39, 0.29) is 19.5 Å². The molecule has 0 N–H and O–H groups in total. The minimum absolute atomic E-state index is 0. The molecular formula is C3H3O6Rh. The van der Waals surface area contributed by atoms with Gasteiger partial charge in [-0.15, -0.1) is 0 Å². The third-order valence-corrected chi connectivity index (χ3v) is 0. The van der Waals surface area contributed by atoms with E-state index < -0.39 is 19.4 Å². The van der Waals surface area contributed by atoms with Crippen LogP contribution in [0.4, 0.5) is 0 Å². The minimum atomic E-state index is -0.500. The van der Waals surface area contributed by atoms with Gasteiger partial charge in [0.1, 0.15) is 0 Å². The molecule has 0 heterocycles. The predicted molar refractivity (Wildman–Crippen MR) is 18.2 cm³/mol. The number of rotatable bonds is 0. The van der Waals surface area contributed by atoms with E-state index in [1.54, 1.807) is 0 Å². The van der Waals surface area contributed by atoms with Crippen molar-refractivity contribution in [1.29, 1.82) is 0 Å². The molecule has 7 heteroatoms. The molecule has 0 amide bonds. The van der Waals surface area contributed by atoms with Gasteiger partial charge in [0, 0.05) is 19.4 Å². The normalized spacial score (nSPS) is 3.60. The number of carbonyl (C=O) groups excluding carboxylic acids is 3. The fourth-order valence-corrected chi connectivity index (χ4v) is 0. The van der Waals surface area contributed by atoms with Gasteiger partial charge in [0.2, 0.25) is 0 Å². The number of hydrogen-bond acceptors (Lipinski definition) is 6. The molecule has 0 aromatic carbocycles. The van der Waals surface area contributed by atoms with E-state index in [4.69, 9.17) is 29.7 Å². The number of hydrogen-bond donors (Lipinski definition) is 0. The van der Waals surface area contributed by atoms with Gasteiger partial charge in [0.25, 0.3) is 0 Å². The van der Waals surface area contributed by atoms with Gasteiger partial charge in [-0.25, -0.2) is 0 Å². The summed E-state index contributed by atoms with van der Waals surface area (Å²) >= 11 is 0. The molecule has 0 bridgehead atoms. The van der Waals surface area contributed by atoms with Crippen molar-refractivity contribution < 1.29 is 49.2 Å². The molecule has 0 radical (unpaired) electrons. The fourth-order valence-electron chi connectivity index (χ4n) is 0. The molecule has 0 spiro atoms. The summed E-state index contributed by atoms with van der Waals surface area (Å²) < 4.78 is 0. The smallest absolute Gasteiger partial charge is 0.554 e. The van der Waals surface area contributed by atoms with Crippen LogP contribution in [-0.2, 0) is 33.9 Å². The van der Waals surface area contributed by atoms with Gasteiger partial charge in [-0.2, -0.15) is 0 Å². The van der Waals surface area contributed by atoms with Gasteiger partial charge in [0.05, 0.1) is 0 Å². The van der Waals surface area contributed by atoms with Crippen LogP contribution in [0.1, 0.15) is 0 Å². The summed E-state index contributed by atoms with van der Waals surface area (Å²) in [6.45, 7) is -1.50. The van der Waals surface area contributed by atoms with Crippen LogP contribution in [-0.4, -0.2) is 19.4 Å². The Labute approximate surface area is 69.2 Å². The monoisotopic (exact) mass is 238 g/mol. The van der Waals surface area contributed by atoms with Crippen molar-refractivity contribution in [2.45, 2.75) is 0 Å². The molecule has 0 unspecified atom stereocenters. The molecule has 0 fully saturated rings. The maximum absolute atomic E-state index is 8.25. The zero-order chi connectivity index (χ0) is 8.12. The molecular weight excluding hydrogens is 235 g/mol. The van der Waals surface area contributed by atoms with Crippen LogP contribution in [0.25, 0.3) is 0 Å². The van der Waals surface area contributed by atoms with Crippen molar-refractivity contribution in [3.05, 3.63) is 0 Å². The molecule has 0 aliphatic heterocycles. The van der Waals surface area contributed by atoms with Crippen LogP contribution in [0.3, 0.4) is 0 Å². The average molecular weight is 238 g/mol. The second kappa shape index (κ2) is 96.1. The molecule has 60 valence electrons. The topological polar surface area (TPSA) is 120 Å². The molecule has 0 aromatic rings. The zero-order valence-electron chi connectivity index (χ0n) is 4.51. The molecule has 0 saturated carbocycles. The summed E-state index contributed by atoms with van der Waals surface area (Å²) in [5, 5.41) is 24.8. The summed E-state index contributed by atoms with van der Waals surface area (Å²) in [7, 11) is 0. The third-order valence-electron chi connectivity index (χ3n) is 0. The van der Waals surface area contributed by atoms with Crippen molar-refractivity contribution in [2.75, 3.05) is 0 Å². The summed E-state index contributed by atoms with van der Waals surface area (Å²) in [6.07, 6.45) is 0. The van der Waals surface area contributed by atoms with Crippen molar-refractivity contribution in [1.82, 2.24) is 0 Å². The first-order valence-corrected chi connectivity index (χ1v) is 1.41. The molecule has 0 aromatic heterocycles. The second-order valence-corrected chi connectivity index (χ2v) is 0.289. The molecule has 10 heavy (non-hydrogen) atoms. The van der Waals surface area contributed by atoms with E-state index in [9.17, 15) is 0 Å². The Balaban J connectivity index is -0.0000000257. The SMILES string of the molecule is O=C[O-].O=C[O-].O=C[O-].[Rh+3]. The summed E-state index contributed by atoms with van der Waals surface area (Å²) in [4.78, 5) is 24.8. The van der Waals surface area contributed by atoms with Gasteiger partial charge in [-0.3, -0.25) is 0 Å². The van der Waals surface area contributed by atoms with E-state index in [2.05, 4.69) is 0 Å². The van der Waals surface area contributed by atoms with Crippen LogP contribution < -0.4 is 15.3 Å². The molecule has 0 rings (SSSR count). The van der Waals surface area contributed by atoms with E-state index >= 15 is 0 Å². The number of carboxylic acid groups (broad SMARTS) is 3. The van der Waals surface area contributed by atoms with E-state index in [0.29, 0.717) is 0 Å². The first-order valence-electron chi connectivity index (χ1n) is 1.41. The Morgan fingerprint density at radius 2 is 0.700 bits per heavy atom. The molecule has 0 saturated heterocycles. The number of carbonyl (C=O) groups is 3. The summed E-state index contributed by atoms with van der Waals surface area (Å²) in [6, 6.07) is 0. The van der Waals surface area contributed by atoms with Crippen LogP contribution in [0.15, 0.2) is 0 Å². The molecule has 6 nitrogen and oxygen atoms in total. The van der Waals surface area contributed by atoms with Crippen LogP contribution in [0, 0.1) is 0 Å². The maximum atomic E-state index is 8.25. The quantitative estimate of drug-likeness (QED) is 0.308. The fraction of sp³-hybridized carbons (Fsp3) is 0. The van der Waals surface area contributed by atoms with E-state index in [1.165, 1.54) is 0 Å². The maximum Gasteiger partial charge on any atom is 3.00 e. The zero-order valence-corrected chi connectivity index (χ0v) is 6.15. The first kappa shape index (κ1) is 23.0. The Bertz CT molecular complexity index is 49.7. The van der Waals surface area contributed by atoms with Crippen LogP contribution in [0.5, 0.6) is 0 Å². The van der Waals surface area contributed by atoms with Crippen LogP contribution >= 0.6 is 0 Å². The van der Waals surface area contributed by atoms with Crippen molar-refractivity contribution in [2.24, 2.45) is 0 Å². The Morgan fingerprint density at radius 1 is 0.700 bits per heavy atom. The summed E-state index contributed by atoms with van der Waals surface area (Å²) in [5.74, 6) is 0. The van der Waals surface area contributed by atoms with Gasteiger partial charge in [-0.05, 0) is 0 Å². The van der Waals surface area contributed by atoms with Gasteiger partial charge >= 0.3 is 19.5 Å². The third kappa shape index (κ3) is 274.